The molecular formula is C15H23NO. The van der Waals surface area contributed by atoms with Crippen LogP contribution in [0.15, 0.2) is 18.2 Å². The smallest absolute Gasteiger partial charge is 0.119 e. The molecule has 1 aliphatic rings. The summed E-state index contributed by atoms with van der Waals surface area (Å²) in [5.74, 6) is 2.32. The summed E-state index contributed by atoms with van der Waals surface area (Å²) < 4.78 is 5.34. The van der Waals surface area contributed by atoms with Crippen molar-refractivity contribution in [3.63, 3.8) is 0 Å². The monoisotopic (exact) mass is 233 g/mol. The maximum atomic E-state index is 5.34. The Balaban J connectivity index is 2.41. The third-order valence-corrected chi connectivity index (χ3v) is 4.05. The van der Waals surface area contributed by atoms with Crippen LogP contribution in [0.3, 0.4) is 0 Å². The SMILES string of the molecule is CCNC1c2cc(OC)ccc2C(CC)C1C. The number of rotatable bonds is 4. The van der Waals surface area contributed by atoms with Gasteiger partial charge in [0.2, 0.25) is 0 Å². The summed E-state index contributed by atoms with van der Waals surface area (Å²) in [5, 5.41) is 3.61. The van der Waals surface area contributed by atoms with Gasteiger partial charge in [-0.3, -0.25) is 0 Å². The van der Waals surface area contributed by atoms with Crippen molar-refractivity contribution in [1.82, 2.24) is 5.32 Å². The van der Waals surface area contributed by atoms with E-state index in [9.17, 15) is 0 Å². The number of fused-ring (bicyclic) bond motifs is 1. The van der Waals surface area contributed by atoms with Crippen LogP contribution in [-0.4, -0.2) is 13.7 Å². The number of hydrogen-bond donors (Lipinski definition) is 1. The van der Waals surface area contributed by atoms with Gasteiger partial charge in [-0.1, -0.05) is 26.8 Å². The molecule has 0 bridgehead atoms. The van der Waals surface area contributed by atoms with E-state index in [4.69, 9.17) is 4.74 Å². The highest BCUT2D eigenvalue weighted by Gasteiger charge is 2.36. The molecule has 0 heterocycles. The average molecular weight is 233 g/mol. The molecule has 0 saturated heterocycles. The largest absolute Gasteiger partial charge is 0.497 e. The predicted octanol–water partition coefficient (Wildman–Crippen LogP) is 3.49. The highest BCUT2D eigenvalue weighted by Crippen LogP contribution is 2.47. The zero-order chi connectivity index (χ0) is 12.4. The molecule has 0 aromatic heterocycles. The number of methoxy groups -OCH3 is 1. The van der Waals surface area contributed by atoms with Crippen molar-refractivity contribution in [3.8, 4) is 5.75 Å². The predicted molar refractivity (Wildman–Crippen MR) is 71.6 cm³/mol. The van der Waals surface area contributed by atoms with Gasteiger partial charge >= 0.3 is 0 Å². The Kier molecular flexibility index (Phi) is 3.72. The number of nitrogens with one attached hydrogen (secondary N) is 1. The fraction of sp³-hybridized carbons (Fsp3) is 0.600. The first-order valence-corrected chi connectivity index (χ1v) is 6.64. The molecule has 0 aliphatic heterocycles. The molecule has 2 heteroatoms. The number of hydrogen-bond acceptors (Lipinski definition) is 2. The molecule has 94 valence electrons. The first-order chi connectivity index (χ1) is 8.22. The van der Waals surface area contributed by atoms with Crippen molar-refractivity contribution >= 4 is 0 Å². The first kappa shape index (κ1) is 12.4. The summed E-state index contributed by atoms with van der Waals surface area (Å²) >= 11 is 0. The quantitative estimate of drug-likeness (QED) is 0.859. The lowest BCUT2D eigenvalue weighted by atomic mass is 9.90. The molecule has 0 amide bonds. The third-order valence-electron chi connectivity index (χ3n) is 4.05. The molecule has 1 N–H and O–H groups in total. The Morgan fingerprint density at radius 3 is 2.59 bits per heavy atom. The normalized spacial score (nSPS) is 26.9. The number of ether oxygens (including phenoxy) is 1. The van der Waals surface area contributed by atoms with Crippen LogP contribution < -0.4 is 10.1 Å². The lowest BCUT2D eigenvalue weighted by molar-refractivity contribution is 0.366. The third kappa shape index (κ3) is 2.06. The van der Waals surface area contributed by atoms with Crippen molar-refractivity contribution < 1.29 is 4.74 Å². The van der Waals surface area contributed by atoms with Gasteiger partial charge in [0, 0.05) is 6.04 Å². The molecule has 1 aromatic carbocycles. The van der Waals surface area contributed by atoms with E-state index in [0.717, 1.165) is 12.3 Å². The van der Waals surface area contributed by atoms with E-state index in [0.29, 0.717) is 17.9 Å². The summed E-state index contributed by atoms with van der Waals surface area (Å²) in [5.41, 5.74) is 2.94. The van der Waals surface area contributed by atoms with Gasteiger partial charge in [-0.05, 0) is 48.1 Å². The van der Waals surface area contributed by atoms with Crippen molar-refractivity contribution in [2.24, 2.45) is 5.92 Å². The minimum Gasteiger partial charge on any atom is -0.497 e. The maximum absolute atomic E-state index is 5.34. The molecule has 3 atom stereocenters. The van der Waals surface area contributed by atoms with Crippen LogP contribution >= 0.6 is 0 Å². The first-order valence-electron chi connectivity index (χ1n) is 6.64. The molecule has 3 unspecified atom stereocenters. The van der Waals surface area contributed by atoms with Gasteiger partial charge < -0.3 is 10.1 Å². The molecule has 0 spiro atoms. The van der Waals surface area contributed by atoms with Crippen LogP contribution in [-0.2, 0) is 0 Å². The molecule has 0 radical (unpaired) electrons. The van der Waals surface area contributed by atoms with Crippen LogP contribution in [0.1, 0.15) is 50.3 Å². The van der Waals surface area contributed by atoms with Crippen molar-refractivity contribution in [2.45, 2.75) is 39.2 Å². The van der Waals surface area contributed by atoms with Gasteiger partial charge in [0.05, 0.1) is 7.11 Å². The maximum Gasteiger partial charge on any atom is 0.119 e. The van der Waals surface area contributed by atoms with Crippen LogP contribution in [0.2, 0.25) is 0 Å². The fourth-order valence-corrected chi connectivity index (χ4v) is 3.19. The van der Waals surface area contributed by atoms with E-state index in [-0.39, 0.29) is 0 Å². The van der Waals surface area contributed by atoms with Crippen LogP contribution in [0, 0.1) is 5.92 Å². The Labute approximate surface area is 104 Å². The highest BCUT2D eigenvalue weighted by atomic mass is 16.5. The van der Waals surface area contributed by atoms with E-state index in [1.165, 1.54) is 17.5 Å². The van der Waals surface area contributed by atoms with Gasteiger partial charge in [0.15, 0.2) is 0 Å². The second kappa shape index (κ2) is 5.09. The zero-order valence-electron chi connectivity index (χ0n) is 11.3. The van der Waals surface area contributed by atoms with Gasteiger partial charge in [-0.25, -0.2) is 0 Å². The Bertz CT molecular complexity index is 389. The summed E-state index contributed by atoms with van der Waals surface area (Å²) in [6.45, 7) is 7.82. The second-order valence-electron chi connectivity index (χ2n) is 4.90. The minimum atomic E-state index is 0.482. The van der Waals surface area contributed by atoms with Crippen molar-refractivity contribution in [3.05, 3.63) is 29.3 Å². The van der Waals surface area contributed by atoms with Gasteiger partial charge in [-0.15, -0.1) is 0 Å². The summed E-state index contributed by atoms with van der Waals surface area (Å²) in [4.78, 5) is 0. The molecule has 1 aromatic rings. The Hall–Kier alpha value is -1.02. The fourth-order valence-electron chi connectivity index (χ4n) is 3.19. The lowest BCUT2D eigenvalue weighted by Crippen LogP contribution is -2.24. The molecule has 0 fully saturated rings. The molecule has 1 aliphatic carbocycles. The molecule has 2 rings (SSSR count). The Morgan fingerprint density at radius 1 is 1.24 bits per heavy atom. The van der Waals surface area contributed by atoms with Crippen LogP contribution in [0.25, 0.3) is 0 Å². The van der Waals surface area contributed by atoms with Crippen molar-refractivity contribution in [2.75, 3.05) is 13.7 Å². The van der Waals surface area contributed by atoms with Crippen LogP contribution in [0.4, 0.5) is 0 Å². The Morgan fingerprint density at radius 2 is 2.00 bits per heavy atom. The van der Waals surface area contributed by atoms with Gasteiger partial charge in [0.1, 0.15) is 5.75 Å². The minimum absolute atomic E-state index is 0.482. The molecule has 17 heavy (non-hydrogen) atoms. The van der Waals surface area contributed by atoms with Gasteiger partial charge in [-0.2, -0.15) is 0 Å². The van der Waals surface area contributed by atoms with Crippen molar-refractivity contribution in [1.29, 1.82) is 0 Å². The van der Waals surface area contributed by atoms with E-state index in [2.05, 4.69) is 44.3 Å². The summed E-state index contributed by atoms with van der Waals surface area (Å²) in [7, 11) is 1.74. The van der Waals surface area contributed by atoms with Gasteiger partial charge in [0.25, 0.3) is 0 Å². The lowest BCUT2D eigenvalue weighted by Gasteiger charge is -2.21. The summed E-state index contributed by atoms with van der Waals surface area (Å²) in [6.07, 6.45) is 1.21. The number of benzene rings is 1. The standard InChI is InChI=1S/C15H23NO/c1-5-12-10(3)15(16-6-2)14-9-11(17-4)7-8-13(12)14/h7-10,12,15-16H,5-6H2,1-4H3. The van der Waals surface area contributed by atoms with Crippen LogP contribution in [0.5, 0.6) is 5.75 Å². The second-order valence-corrected chi connectivity index (χ2v) is 4.90. The highest BCUT2D eigenvalue weighted by molar-refractivity contribution is 5.44. The summed E-state index contributed by atoms with van der Waals surface area (Å²) in [6, 6.07) is 7.02. The molecular weight excluding hydrogens is 210 g/mol. The van der Waals surface area contributed by atoms with E-state index in [1.807, 2.05) is 0 Å². The average Bonchev–Trinajstić information content (AvgIpc) is 2.62. The zero-order valence-corrected chi connectivity index (χ0v) is 11.3. The molecule has 0 saturated carbocycles. The molecule has 2 nitrogen and oxygen atoms in total. The van der Waals surface area contributed by atoms with E-state index in [1.54, 1.807) is 7.11 Å². The van der Waals surface area contributed by atoms with E-state index < -0.39 is 0 Å². The van der Waals surface area contributed by atoms with E-state index >= 15 is 0 Å². The topological polar surface area (TPSA) is 21.3 Å².